The highest BCUT2D eigenvalue weighted by molar-refractivity contribution is 6.16. The fourth-order valence-corrected chi connectivity index (χ4v) is 1.27. The van der Waals surface area contributed by atoms with Gasteiger partial charge in [-0.2, -0.15) is 4.98 Å². The zero-order valence-corrected chi connectivity index (χ0v) is 8.05. The molecule has 2 heterocycles. The Morgan fingerprint density at radius 2 is 2.21 bits per heavy atom. The summed E-state index contributed by atoms with van der Waals surface area (Å²) in [5, 5.41) is 0. The van der Waals surface area contributed by atoms with Gasteiger partial charge in [-0.1, -0.05) is 0 Å². The molecule has 0 aromatic carbocycles. The van der Waals surface area contributed by atoms with Crippen molar-refractivity contribution in [1.29, 1.82) is 0 Å². The summed E-state index contributed by atoms with van der Waals surface area (Å²) < 4.78 is 4.98. The smallest absolute Gasteiger partial charge is 0.325 e. The van der Waals surface area contributed by atoms with E-state index in [2.05, 4.69) is 19.9 Å². The molecule has 0 amide bonds. The van der Waals surface area contributed by atoms with Gasteiger partial charge in [0.15, 0.2) is 5.65 Å². The Bertz CT molecular complexity index is 518. The molecule has 0 saturated carbocycles. The third-order valence-corrected chi connectivity index (χ3v) is 1.94. The molecular weight excluding hydrogens is 208 g/mol. The Hall–Kier alpha value is -1.56. The second kappa shape index (κ2) is 3.30. The minimum atomic E-state index is -0.348. The number of halogens is 1. The summed E-state index contributed by atoms with van der Waals surface area (Å²) in [7, 11) is 1.46. The molecule has 2 rings (SSSR count). The van der Waals surface area contributed by atoms with Gasteiger partial charge in [0.2, 0.25) is 5.88 Å². The van der Waals surface area contributed by atoms with Crippen LogP contribution in [0.1, 0.15) is 5.82 Å². The van der Waals surface area contributed by atoms with Gasteiger partial charge in [0.1, 0.15) is 11.3 Å². The molecule has 0 radical (unpaired) electrons. The van der Waals surface area contributed by atoms with Crippen LogP contribution in [-0.4, -0.2) is 27.0 Å². The molecule has 2 N–H and O–H groups in total. The fraction of sp³-hybridized carbons (Fsp3) is 0.286. The van der Waals surface area contributed by atoms with E-state index in [-0.39, 0.29) is 11.6 Å². The minimum absolute atomic E-state index is 0.166. The highest BCUT2D eigenvalue weighted by atomic mass is 35.5. The number of hydrogen-bond donors (Lipinski definition) is 2. The van der Waals surface area contributed by atoms with Crippen molar-refractivity contribution in [2.75, 3.05) is 7.11 Å². The molecule has 0 aliphatic heterocycles. The number of H-pyrrole nitrogens is 2. The minimum Gasteiger partial charge on any atom is -0.479 e. The number of rotatable bonds is 2. The first-order chi connectivity index (χ1) is 6.74. The Morgan fingerprint density at radius 3 is 2.86 bits per heavy atom. The van der Waals surface area contributed by atoms with E-state index in [1.165, 1.54) is 7.11 Å². The van der Waals surface area contributed by atoms with Crippen LogP contribution in [0, 0.1) is 0 Å². The molecule has 0 saturated heterocycles. The lowest BCUT2D eigenvalue weighted by molar-refractivity contribution is 0.400. The molecule has 0 unspecified atom stereocenters. The van der Waals surface area contributed by atoms with Crippen molar-refractivity contribution in [3.05, 3.63) is 16.3 Å². The maximum Gasteiger partial charge on any atom is 0.325 e. The number of nitrogens with one attached hydrogen (secondary N) is 2. The lowest BCUT2D eigenvalue weighted by Gasteiger charge is -2.00. The van der Waals surface area contributed by atoms with Crippen LogP contribution in [0.5, 0.6) is 5.88 Å². The first-order valence-electron chi connectivity index (χ1n) is 3.83. The molecule has 14 heavy (non-hydrogen) atoms. The van der Waals surface area contributed by atoms with Crippen molar-refractivity contribution < 1.29 is 4.74 Å². The Morgan fingerprint density at radius 1 is 1.43 bits per heavy atom. The van der Waals surface area contributed by atoms with Crippen LogP contribution < -0.4 is 10.4 Å². The number of imidazole rings is 1. The third kappa shape index (κ3) is 1.33. The van der Waals surface area contributed by atoms with Gasteiger partial charge in [0, 0.05) is 0 Å². The fourth-order valence-electron chi connectivity index (χ4n) is 1.15. The summed E-state index contributed by atoms with van der Waals surface area (Å²) in [6, 6.07) is 0. The van der Waals surface area contributed by atoms with Gasteiger partial charge in [0.25, 0.3) is 0 Å². The third-order valence-electron chi connectivity index (χ3n) is 1.71. The van der Waals surface area contributed by atoms with Crippen LogP contribution in [0.15, 0.2) is 4.79 Å². The summed E-state index contributed by atoms with van der Waals surface area (Å²) in [5.41, 5.74) is 0.503. The van der Waals surface area contributed by atoms with E-state index < -0.39 is 0 Å². The van der Waals surface area contributed by atoms with Gasteiger partial charge in [-0.3, -0.25) is 9.97 Å². The van der Waals surface area contributed by atoms with E-state index in [9.17, 15) is 4.79 Å². The predicted molar refractivity (Wildman–Crippen MR) is 50.6 cm³/mol. The second-order valence-electron chi connectivity index (χ2n) is 2.59. The van der Waals surface area contributed by atoms with Crippen LogP contribution in [0.3, 0.4) is 0 Å². The highest BCUT2D eigenvalue weighted by Crippen LogP contribution is 2.17. The number of hydrogen-bond acceptors (Lipinski definition) is 4. The lowest BCUT2D eigenvalue weighted by Crippen LogP contribution is -1.99. The zero-order chi connectivity index (χ0) is 10.1. The number of ether oxygens (including phenoxy) is 1. The largest absolute Gasteiger partial charge is 0.479 e. The van der Waals surface area contributed by atoms with Gasteiger partial charge < -0.3 is 4.74 Å². The van der Waals surface area contributed by atoms with Crippen LogP contribution >= 0.6 is 11.6 Å². The summed E-state index contributed by atoms with van der Waals surface area (Å²) in [5.74, 6) is 0.884. The number of aromatic amines is 2. The Kier molecular flexibility index (Phi) is 2.12. The van der Waals surface area contributed by atoms with Crippen molar-refractivity contribution >= 4 is 22.8 Å². The second-order valence-corrected chi connectivity index (χ2v) is 2.85. The van der Waals surface area contributed by atoms with E-state index in [1.54, 1.807) is 0 Å². The van der Waals surface area contributed by atoms with Crippen LogP contribution in [0.4, 0.5) is 0 Å². The molecular formula is C7H7ClN4O2. The Balaban J connectivity index is 2.79. The van der Waals surface area contributed by atoms with Crippen LogP contribution in [0.25, 0.3) is 11.2 Å². The highest BCUT2D eigenvalue weighted by Gasteiger charge is 2.09. The molecule has 74 valence electrons. The number of methoxy groups -OCH3 is 1. The van der Waals surface area contributed by atoms with E-state index in [4.69, 9.17) is 16.3 Å². The SMILES string of the molecule is COc1nc(CCl)nc2[nH]c(=O)[nH]c12. The van der Waals surface area contributed by atoms with Crippen molar-refractivity contribution in [2.45, 2.75) is 5.88 Å². The maximum atomic E-state index is 11.0. The van der Waals surface area contributed by atoms with Crippen LogP contribution in [-0.2, 0) is 5.88 Å². The van der Waals surface area contributed by atoms with Gasteiger partial charge >= 0.3 is 5.69 Å². The first kappa shape index (κ1) is 9.01. The molecule has 0 aliphatic rings. The van der Waals surface area contributed by atoms with Gasteiger partial charge in [-0.05, 0) is 0 Å². The zero-order valence-electron chi connectivity index (χ0n) is 7.30. The number of nitrogens with zero attached hydrogens (tertiary/aromatic N) is 2. The van der Waals surface area contributed by atoms with E-state index in [0.717, 1.165) is 0 Å². The Labute approximate surface area is 83.3 Å². The molecule has 2 aromatic rings. The van der Waals surface area contributed by atoms with Gasteiger partial charge in [-0.25, -0.2) is 9.78 Å². The summed E-state index contributed by atoms with van der Waals surface area (Å²) in [4.78, 5) is 24.0. The van der Waals surface area contributed by atoms with E-state index in [1.807, 2.05) is 0 Å². The van der Waals surface area contributed by atoms with Crippen molar-refractivity contribution in [3.63, 3.8) is 0 Å². The molecule has 7 heteroatoms. The first-order valence-corrected chi connectivity index (χ1v) is 4.37. The topological polar surface area (TPSA) is 83.7 Å². The quantitative estimate of drug-likeness (QED) is 0.709. The number of fused-ring (bicyclic) bond motifs is 1. The van der Waals surface area contributed by atoms with Gasteiger partial charge in [-0.15, -0.1) is 11.6 Å². The van der Waals surface area contributed by atoms with E-state index >= 15 is 0 Å². The average molecular weight is 215 g/mol. The van der Waals surface area contributed by atoms with Gasteiger partial charge in [0.05, 0.1) is 13.0 Å². The number of alkyl halides is 1. The molecule has 0 spiro atoms. The van der Waals surface area contributed by atoms with Crippen molar-refractivity contribution in [2.24, 2.45) is 0 Å². The molecule has 0 atom stereocenters. The predicted octanol–water partition coefficient (Wildman–Crippen LogP) is 0.394. The standard InChI is InChI=1S/C7H7ClN4O2/c1-14-6-4-5(12-7(13)11-4)9-3(2-8)10-6/h2H2,1H3,(H2,9,10,11,12,13). The van der Waals surface area contributed by atoms with Crippen molar-refractivity contribution in [3.8, 4) is 5.88 Å². The summed E-state index contributed by atoms with van der Waals surface area (Å²) in [6.45, 7) is 0. The number of aromatic nitrogens is 4. The molecule has 0 aliphatic carbocycles. The van der Waals surface area contributed by atoms with E-state index in [0.29, 0.717) is 22.9 Å². The molecule has 0 bridgehead atoms. The maximum absolute atomic E-state index is 11.0. The lowest BCUT2D eigenvalue weighted by atomic mass is 10.5. The molecule has 6 nitrogen and oxygen atoms in total. The van der Waals surface area contributed by atoms with Crippen molar-refractivity contribution in [1.82, 2.24) is 19.9 Å². The van der Waals surface area contributed by atoms with Crippen LogP contribution in [0.2, 0.25) is 0 Å². The average Bonchev–Trinajstić information content (AvgIpc) is 2.56. The molecule has 0 fully saturated rings. The summed E-state index contributed by atoms with van der Waals surface area (Å²) in [6.07, 6.45) is 0. The summed E-state index contributed by atoms with van der Waals surface area (Å²) >= 11 is 5.58. The normalized spacial score (nSPS) is 10.7. The monoisotopic (exact) mass is 214 g/mol. The molecule has 2 aromatic heterocycles.